The van der Waals surface area contributed by atoms with E-state index in [1.807, 2.05) is 0 Å². The molecule has 23 heavy (non-hydrogen) atoms. The van der Waals surface area contributed by atoms with E-state index >= 15 is 0 Å². The Morgan fingerprint density at radius 1 is 1.22 bits per heavy atom. The Bertz CT molecular complexity index is 487. The first kappa shape index (κ1) is 20.2. The molecule has 0 atom stereocenters. The van der Waals surface area contributed by atoms with Crippen molar-refractivity contribution in [2.75, 3.05) is 31.5 Å². The van der Waals surface area contributed by atoms with Crippen LogP contribution in [0.4, 0.5) is 5.69 Å². The Labute approximate surface area is 157 Å². The fraction of sp³-hybridized carbons (Fsp3) is 0.611. The van der Waals surface area contributed by atoms with Crippen molar-refractivity contribution in [3.05, 3.63) is 29.3 Å². The van der Waals surface area contributed by atoms with Crippen LogP contribution in [-0.4, -0.2) is 37.0 Å². The summed E-state index contributed by atoms with van der Waals surface area (Å²) in [5.74, 6) is 1.20. The van der Waals surface area contributed by atoms with Crippen molar-refractivity contribution in [2.24, 2.45) is 16.6 Å². The summed E-state index contributed by atoms with van der Waals surface area (Å²) in [5.41, 5.74) is 9.52. The lowest BCUT2D eigenvalue weighted by atomic mass is 9.97. The highest BCUT2D eigenvalue weighted by atomic mass is 127. The largest absolute Gasteiger partial charge is 0.370 e. The second-order valence-corrected chi connectivity index (χ2v) is 6.51. The standard InChI is InChI=1S/C18H30N4.HI/c1-4-7-22-8-5-16(6-9-22)13-20-18(19)21-17-11-14(2)10-15(3)12-17;/h10-12,16H,4-9,13H2,1-3H3,(H3,19,20,21);1H. The number of rotatable bonds is 5. The second-order valence-electron chi connectivity index (χ2n) is 6.51. The van der Waals surface area contributed by atoms with Crippen LogP contribution in [0, 0.1) is 19.8 Å². The molecule has 0 saturated carbocycles. The second kappa shape index (κ2) is 10.1. The molecule has 1 heterocycles. The van der Waals surface area contributed by atoms with Crippen LogP contribution in [0.15, 0.2) is 23.2 Å². The average Bonchev–Trinajstić information content (AvgIpc) is 2.46. The van der Waals surface area contributed by atoms with E-state index in [2.05, 4.69) is 54.2 Å². The van der Waals surface area contributed by atoms with Gasteiger partial charge in [0.25, 0.3) is 0 Å². The number of halogens is 1. The summed E-state index contributed by atoms with van der Waals surface area (Å²) in [6.07, 6.45) is 3.72. The fourth-order valence-corrected chi connectivity index (χ4v) is 3.17. The zero-order chi connectivity index (χ0) is 15.9. The van der Waals surface area contributed by atoms with Gasteiger partial charge in [-0.05, 0) is 81.9 Å². The van der Waals surface area contributed by atoms with E-state index in [0.29, 0.717) is 11.9 Å². The third-order valence-electron chi connectivity index (χ3n) is 4.26. The Morgan fingerprint density at radius 3 is 2.39 bits per heavy atom. The van der Waals surface area contributed by atoms with E-state index in [9.17, 15) is 0 Å². The number of anilines is 1. The van der Waals surface area contributed by atoms with Gasteiger partial charge in [-0.3, -0.25) is 4.99 Å². The van der Waals surface area contributed by atoms with Crippen LogP contribution >= 0.6 is 24.0 Å². The molecule has 0 radical (unpaired) electrons. The molecule has 0 bridgehead atoms. The number of likely N-dealkylation sites (tertiary alicyclic amines) is 1. The minimum atomic E-state index is 0. The summed E-state index contributed by atoms with van der Waals surface area (Å²) in [5, 5.41) is 3.21. The zero-order valence-electron chi connectivity index (χ0n) is 14.6. The Kier molecular flexibility index (Phi) is 8.91. The lowest BCUT2D eigenvalue weighted by Crippen LogP contribution is -2.35. The van der Waals surface area contributed by atoms with E-state index in [0.717, 1.165) is 12.2 Å². The smallest absolute Gasteiger partial charge is 0.193 e. The van der Waals surface area contributed by atoms with Crippen molar-refractivity contribution in [3.8, 4) is 0 Å². The number of piperidine rings is 1. The number of nitrogens with zero attached hydrogens (tertiary/aromatic N) is 2. The molecule has 1 aliphatic rings. The molecule has 2 rings (SSSR count). The van der Waals surface area contributed by atoms with Gasteiger partial charge in [0.1, 0.15) is 0 Å². The van der Waals surface area contributed by atoms with Gasteiger partial charge in [-0.25, -0.2) is 0 Å². The van der Waals surface area contributed by atoms with Crippen LogP contribution in [0.1, 0.15) is 37.3 Å². The first-order valence-electron chi connectivity index (χ1n) is 8.44. The Balaban J connectivity index is 0.00000264. The van der Waals surface area contributed by atoms with Gasteiger partial charge >= 0.3 is 0 Å². The van der Waals surface area contributed by atoms with Crippen LogP contribution in [0.2, 0.25) is 0 Å². The number of nitrogens with one attached hydrogen (secondary N) is 1. The summed E-state index contributed by atoms with van der Waals surface area (Å²) >= 11 is 0. The number of aryl methyl sites for hydroxylation is 2. The van der Waals surface area contributed by atoms with Crippen LogP contribution in [0.25, 0.3) is 0 Å². The third-order valence-corrected chi connectivity index (χ3v) is 4.26. The Morgan fingerprint density at radius 2 is 1.83 bits per heavy atom. The van der Waals surface area contributed by atoms with E-state index in [4.69, 9.17) is 5.73 Å². The fourth-order valence-electron chi connectivity index (χ4n) is 3.17. The van der Waals surface area contributed by atoms with Gasteiger partial charge < -0.3 is 16.0 Å². The van der Waals surface area contributed by atoms with Crippen molar-refractivity contribution in [1.29, 1.82) is 0 Å². The molecule has 1 aromatic carbocycles. The molecule has 0 aromatic heterocycles. The summed E-state index contributed by atoms with van der Waals surface area (Å²) in [6, 6.07) is 6.35. The van der Waals surface area contributed by atoms with E-state index in [-0.39, 0.29) is 24.0 Å². The van der Waals surface area contributed by atoms with E-state index in [1.54, 1.807) is 0 Å². The van der Waals surface area contributed by atoms with E-state index < -0.39 is 0 Å². The highest BCUT2D eigenvalue weighted by Gasteiger charge is 2.18. The predicted octanol–water partition coefficient (Wildman–Crippen LogP) is 3.77. The van der Waals surface area contributed by atoms with E-state index in [1.165, 1.54) is 50.0 Å². The highest BCUT2D eigenvalue weighted by molar-refractivity contribution is 14.0. The highest BCUT2D eigenvalue weighted by Crippen LogP contribution is 2.18. The number of hydrogen-bond donors (Lipinski definition) is 2. The molecule has 0 amide bonds. The van der Waals surface area contributed by atoms with Gasteiger partial charge in [0.15, 0.2) is 5.96 Å². The summed E-state index contributed by atoms with van der Waals surface area (Å²) in [4.78, 5) is 7.09. The molecule has 0 spiro atoms. The molecule has 4 nitrogen and oxygen atoms in total. The number of aliphatic imine (C=N–C) groups is 1. The van der Waals surface area contributed by atoms with Crippen LogP contribution in [0.3, 0.4) is 0 Å². The molecule has 3 N–H and O–H groups in total. The summed E-state index contributed by atoms with van der Waals surface area (Å²) in [7, 11) is 0. The molecular formula is C18H31IN4. The van der Waals surface area contributed by atoms with Crippen molar-refractivity contribution >= 4 is 35.6 Å². The lowest BCUT2D eigenvalue weighted by molar-refractivity contribution is 0.188. The first-order valence-corrected chi connectivity index (χ1v) is 8.44. The van der Waals surface area contributed by atoms with Gasteiger partial charge in [-0.1, -0.05) is 13.0 Å². The maximum atomic E-state index is 6.03. The molecule has 130 valence electrons. The molecular weight excluding hydrogens is 399 g/mol. The number of hydrogen-bond acceptors (Lipinski definition) is 2. The summed E-state index contributed by atoms with van der Waals surface area (Å²) < 4.78 is 0. The predicted molar refractivity (Wildman–Crippen MR) is 111 cm³/mol. The van der Waals surface area contributed by atoms with Crippen LogP contribution in [0.5, 0.6) is 0 Å². The molecule has 0 aliphatic carbocycles. The molecule has 0 unspecified atom stereocenters. The average molecular weight is 430 g/mol. The number of nitrogens with two attached hydrogens (primary N) is 1. The van der Waals surface area contributed by atoms with Gasteiger partial charge in [-0.15, -0.1) is 24.0 Å². The minimum absolute atomic E-state index is 0. The molecule has 1 saturated heterocycles. The molecule has 1 aromatic rings. The number of benzene rings is 1. The Hall–Kier alpha value is -0.820. The zero-order valence-corrected chi connectivity index (χ0v) is 17.0. The van der Waals surface area contributed by atoms with Gasteiger partial charge in [0.2, 0.25) is 0 Å². The van der Waals surface area contributed by atoms with Gasteiger partial charge in [0, 0.05) is 12.2 Å². The van der Waals surface area contributed by atoms with Crippen molar-refractivity contribution in [1.82, 2.24) is 4.90 Å². The maximum Gasteiger partial charge on any atom is 0.193 e. The van der Waals surface area contributed by atoms with Crippen molar-refractivity contribution in [2.45, 2.75) is 40.0 Å². The summed E-state index contributed by atoms with van der Waals surface area (Å²) in [6.45, 7) is 10.9. The number of guanidine groups is 1. The van der Waals surface area contributed by atoms with Crippen LogP contribution in [-0.2, 0) is 0 Å². The van der Waals surface area contributed by atoms with Gasteiger partial charge in [0.05, 0.1) is 0 Å². The molecule has 1 fully saturated rings. The monoisotopic (exact) mass is 430 g/mol. The van der Waals surface area contributed by atoms with Crippen molar-refractivity contribution in [3.63, 3.8) is 0 Å². The SMILES string of the molecule is CCCN1CCC(CN=C(N)Nc2cc(C)cc(C)c2)CC1.I. The molecule has 5 heteroatoms. The maximum absolute atomic E-state index is 6.03. The van der Waals surface area contributed by atoms with Crippen LogP contribution < -0.4 is 11.1 Å². The normalized spacial score (nSPS) is 16.9. The first-order chi connectivity index (χ1) is 10.6. The quantitative estimate of drug-likeness (QED) is 0.425. The van der Waals surface area contributed by atoms with Crippen molar-refractivity contribution < 1.29 is 0 Å². The van der Waals surface area contributed by atoms with Gasteiger partial charge in [-0.2, -0.15) is 0 Å². The topological polar surface area (TPSA) is 53.6 Å². The molecule has 1 aliphatic heterocycles. The third kappa shape index (κ3) is 7.08. The minimum Gasteiger partial charge on any atom is -0.370 e. The lowest BCUT2D eigenvalue weighted by Gasteiger charge is -2.30.